The molecule has 2 rings (SSSR count). The minimum atomic E-state index is -0.0110. The average Bonchev–Trinajstić information content (AvgIpc) is 2.75. The first-order valence-corrected chi connectivity index (χ1v) is 7.14. The second-order valence-electron chi connectivity index (χ2n) is 4.92. The second kappa shape index (κ2) is 5.85. The molecule has 0 aromatic heterocycles. The van der Waals surface area contributed by atoms with Crippen LogP contribution in [0, 0.1) is 6.92 Å². The summed E-state index contributed by atoms with van der Waals surface area (Å²) >= 11 is 3.53. The van der Waals surface area contributed by atoms with Crippen molar-refractivity contribution in [1.29, 1.82) is 0 Å². The number of nitrogens with zero attached hydrogens (tertiary/aromatic N) is 1. The Hall–Kier alpha value is -0.870. The van der Waals surface area contributed by atoms with Crippen LogP contribution in [0.4, 0.5) is 5.69 Å². The quantitative estimate of drug-likeness (QED) is 0.929. The number of likely N-dealkylation sites (tertiary alicyclic amines) is 1. The molecule has 0 bridgehead atoms. The summed E-state index contributed by atoms with van der Waals surface area (Å²) in [5.41, 5.74) is 3.27. The van der Waals surface area contributed by atoms with Crippen molar-refractivity contribution in [3.8, 4) is 0 Å². The molecule has 0 spiro atoms. The summed E-state index contributed by atoms with van der Waals surface area (Å²) in [6, 6.07) is 4.15. The molecule has 0 unspecified atom stereocenters. The molecular weight excluding hydrogens is 292 g/mol. The third-order valence-corrected chi connectivity index (χ3v) is 3.73. The number of anilines is 1. The predicted octanol–water partition coefficient (Wildman–Crippen LogP) is 3.31. The molecule has 1 fully saturated rings. The molecule has 1 N–H and O–H groups in total. The number of amides is 1. The number of hydrogen-bond acceptors (Lipinski definition) is 2. The van der Waals surface area contributed by atoms with Crippen molar-refractivity contribution >= 4 is 27.5 Å². The van der Waals surface area contributed by atoms with Crippen molar-refractivity contribution in [3.05, 3.63) is 27.7 Å². The molecule has 1 amide bonds. The van der Waals surface area contributed by atoms with E-state index in [1.165, 1.54) is 18.4 Å². The van der Waals surface area contributed by atoms with Gasteiger partial charge in [0.05, 0.1) is 0 Å². The first-order valence-electron chi connectivity index (χ1n) is 6.35. The highest BCUT2D eigenvalue weighted by atomic mass is 79.9. The summed E-state index contributed by atoms with van der Waals surface area (Å²) in [4.78, 5) is 13.7. The lowest BCUT2D eigenvalue weighted by atomic mass is 10.1. The molecule has 0 saturated carbocycles. The minimum Gasteiger partial charge on any atom is -0.326 e. The highest BCUT2D eigenvalue weighted by Gasteiger charge is 2.16. The van der Waals surface area contributed by atoms with Crippen LogP contribution in [0.15, 0.2) is 16.6 Å². The zero-order valence-electron chi connectivity index (χ0n) is 10.9. The number of nitrogens with one attached hydrogen (secondary N) is 1. The lowest BCUT2D eigenvalue weighted by Crippen LogP contribution is -2.20. The third-order valence-electron chi connectivity index (χ3n) is 3.28. The number of rotatable bonds is 3. The Balaban J connectivity index is 2.27. The lowest BCUT2D eigenvalue weighted by molar-refractivity contribution is -0.114. The average molecular weight is 311 g/mol. The highest BCUT2D eigenvalue weighted by molar-refractivity contribution is 9.10. The first-order chi connectivity index (χ1) is 8.56. The van der Waals surface area contributed by atoms with Crippen LogP contribution < -0.4 is 5.32 Å². The van der Waals surface area contributed by atoms with Crippen LogP contribution in [-0.2, 0) is 11.3 Å². The van der Waals surface area contributed by atoms with E-state index in [0.717, 1.165) is 35.4 Å². The van der Waals surface area contributed by atoms with E-state index in [-0.39, 0.29) is 5.91 Å². The molecule has 3 nitrogen and oxygen atoms in total. The van der Waals surface area contributed by atoms with Gasteiger partial charge in [-0.25, -0.2) is 0 Å². The normalized spacial score (nSPS) is 15.9. The SMILES string of the molecule is CC(=O)Nc1c(C)cc(Br)cc1CN1CCCC1. The molecule has 1 aromatic rings. The van der Waals surface area contributed by atoms with Gasteiger partial charge in [-0.2, -0.15) is 0 Å². The van der Waals surface area contributed by atoms with Crippen molar-refractivity contribution in [2.45, 2.75) is 33.2 Å². The van der Waals surface area contributed by atoms with Gasteiger partial charge in [0.15, 0.2) is 0 Å². The predicted molar refractivity (Wildman–Crippen MR) is 77.7 cm³/mol. The maximum atomic E-state index is 11.3. The Morgan fingerprint density at radius 3 is 2.67 bits per heavy atom. The summed E-state index contributed by atoms with van der Waals surface area (Å²) in [7, 11) is 0. The number of aryl methyl sites for hydroxylation is 1. The third kappa shape index (κ3) is 3.33. The van der Waals surface area contributed by atoms with E-state index in [1.807, 2.05) is 13.0 Å². The smallest absolute Gasteiger partial charge is 0.221 e. The Morgan fingerprint density at radius 1 is 1.39 bits per heavy atom. The fourth-order valence-electron chi connectivity index (χ4n) is 2.47. The van der Waals surface area contributed by atoms with E-state index >= 15 is 0 Å². The van der Waals surface area contributed by atoms with Crippen LogP contribution in [0.1, 0.15) is 30.9 Å². The summed E-state index contributed by atoms with van der Waals surface area (Å²) in [6.45, 7) is 6.82. The number of benzene rings is 1. The van der Waals surface area contributed by atoms with E-state index in [4.69, 9.17) is 0 Å². The number of hydrogen-bond donors (Lipinski definition) is 1. The largest absolute Gasteiger partial charge is 0.326 e. The van der Waals surface area contributed by atoms with Gasteiger partial charge in [-0.15, -0.1) is 0 Å². The van der Waals surface area contributed by atoms with Gasteiger partial charge in [-0.1, -0.05) is 15.9 Å². The zero-order valence-corrected chi connectivity index (χ0v) is 12.5. The number of carbonyl (C=O) groups is 1. The maximum absolute atomic E-state index is 11.3. The van der Waals surface area contributed by atoms with Crippen molar-refractivity contribution < 1.29 is 4.79 Å². The number of carbonyl (C=O) groups excluding carboxylic acids is 1. The number of halogens is 1. The van der Waals surface area contributed by atoms with Gasteiger partial charge in [-0.3, -0.25) is 9.69 Å². The van der Waals surface area contributed by atoms with E-state index in [9.17, 15) is 4.79 Å². The molecule has 1 saturated heterocycles. The summed E-state index contributed by atoms with van der Waals surface area (Å²) < 4.78 is 1.07. The molecule has 1 heterocycles. The molecule has 18 heavy (non-hydrogen) atoms. The molecule has 1 aliphatic heterocycles. The van der Waals surface area contributed by atoms with Crippen molar-refractivity contribution in [2.24, 2.45) is 0 Å². The van der Waals surface area contributed by atoms with Gasteiger partial charge in [0, 0.05) is 23.6 Å². The van der Waals surface area contributed by atoms with E-state index < -0.39 is 0 Å². The molecule has 0 aliphatic carbocycles. The highest BCUT2D eigenvalue weighted by Crippen LogP contribution is 2.28. The zero-order chi connectivity index (χ0) is 13.1. The van der Waals surface area contributed by atoms with Crippen molar-refractivity contribution in [2.75, 3.05) is 18.4 Å². The fraction of sp³-hybridized carbons (Fsp3) is 0.500. The summed E-state index contributed by atoms with van der Waals surface area (Å²) in [6.07, 6.45) is 2.56. The van der Waals surface area contributed by atoms with Crippen molar-refractivity contribution in [3.63, 3.8) is 0 Å². The van der Waals surface area contributed by atoms with Crippen LogP contribution in [0.3, 0.4) is 0 Å². The van der Waals surface area contributed by atoms with Gasteiger partial charge >= 0.3 is 0 Å². The Labute approximate surface area is 117 Å². The van der Waals surface area contributed by atoms with Crippen LogP contribution in [-0.4, -0.2) is 23.9 Å². The van der Waals surface area contributed by atoms with Crippen LogP contribution >= 0.6 is 15.9 Å². The lowest BCUT2D eigenvalue weighted by Gasteiger charge is -2.19. The molecular formula is C14H19BrN2O. The summed E-state index contributed by atoms with van der Waals surface area (Å²) in [5, 5.41) is 2.96. The fourth-order valence-corrected chi connectivity index (χ4v) is 3.09. The van der Waals surface area contributed by atoms with Gasteiger partial charge in [0.1, 0.15) is 0 Å². The van der Waals surface area contributed by atoms with Gasteiger partial charge in [-0.05, 0) is 56.1 Å². The Kier molecular flexibility index (Phi) is 4.40. The standard InChI is InChI=1S/C14H19BrN2O/c1-10-7-13(15)8-12(14(10)16-11(2)18)9-17-5-3-4-6-17/h7-8H,3-6,9H2,1-2H3,(H,16,18). The van der Waals surface area contributed by atoms with Crippen LogP contribution in [0.2, 0.25) is 0 Å². The van der Waals surface area contributed by atoms with Gasteiger partial charge < -0.3 is 5.32 Å². The second-order valence-corrected chi connectivity index (χ2v) is 5.84. The van der Waals surface area contributed by atoms with Gasteiger partial charge in [0.25, 0.3) is 0 Å². The monoisotopic (exact) mass is 310 g/mol. The van der Waals surface area contributed by atoms with E-state index in [2.05, 4.69) is 32.2 Å². The summed E-state index contributed by atoms with van der Waals surface area (Å²) in [5.74, 6) is -0.0110. The van der Waals surface area contributed by atoms with Crippen LogP contribution in [0.5, 0.6) is 0 Å². The molecule has 0 radical (unpaired) electrons. The Bertz CT molecular complexity index is 453. The molecule has 4 heteroatoms. The van der Waals surface area contributed by atoms with Gasteiger partial charge in [0.2, 0.25) is 5.91 Å². The van der Waals surface area contributed by atoms with E-state index in [1.54, 1.807) is 6.92 Å². The Morgan fingerprint density at radius 2 is 2.06 bits per heavy atom. The molecule has 1 aromatic carbocycles. The maximum Gasteiger partial charge on any atom is 0.221 e. The first kappa shape index (κ1) is 13.6. The van der Waals surface area contributed by atoms with E-state index in [0.29, 0.717) is 0 Å². The molecule has 1 aliphatic rings. The van der Waals surface area contributed by atoms with Crippen LogP contribution in [0.25, 0.3) is 0 Å². The topological polar surface area (TPSA) is 32.3 Å². The molecule has 98 valence electrons. The van der Waals surface area contributed by atoms with Crippen molar-refractivity contribution in [1.82, 2.24) is 4.90 Å². The minimum absolute atomic E-state index is 0.0110. The molecule has 0 atom stereocenters.